The van der Waals surface area contributed by atoms with Gasteiger partial charge in [-0.05, 0) is 47.0 Å². The number of nitrogens with zero attached hydrogens (tertiary/aromatic N) is 1. The molecule has 0 spiro atoms. The lowest BCUT2D eigenvalue weighted by Crippen LogP contribution is -1.92. The number of hydrogen-bond acceptors (Lipinski definition) is 3. The number of aliphatic imine (C=N–C) groups is 1. The van der Waals surface area contributed by atoms with Crippen molar-refractivity contribution in [1.29, 1.82) is 0 Å². The van der Waals surface area contributed by atoms with E-state index in [9.17, 15) is 9.90 Å². The zero-order chi connectivity index (χ0) is 10.7. The third-order valence-corrected chi connectivity index (χ3v) is 2.81. The van der Waals surface area contributed by atoms with Gasteiger partial charge in [-0.1, -0.05) is 0 Å². The molecule has 0 fully saturated rings. The van der Waals surface area contributed by atoms with Gasteiger partial charge in [0.25, 0.3) is 0 Å². The molecule has 4 heteroatoms. The van der Waals surface area contributed by atoms with E-state index in [0.29, 0.717) is 10.0 Å². The Balaban J connectivity index is 3.31. The molecule has 0 aromatic heterocycles. The average Bonchev–Trinajstić information content (AvgIpc) is 2.15. The Labute approximate surface area is 90.6 Å². The summed E-state index contributed by atoms with van der Waals surface area (Å²) in [7, 11) is 0. The van der Waals surface area contributed by atoms with Gasteiger partial charge in [0, 0.05) is 5.56 Å². The van der Waals surface area contributed by atoms with E-state index < -0.39 is 0 Å². The number of hydrogen-bond donors (Lipinski definition) is 1. The third kappa shape index (κ3) is 2.03. The topological polar surface area (TPSA) is 49.7 Å². The van der Waals surface area contributed by atoms with Gasteiger partial charge in [0.1, 0.15) is 5.75 Å². The van der Waals surface area contributed by atoms with Gasteiger partial charge in [-0.25, -0.2) is 9.79 Å². The minimum Gasteiger partial charge on any atom is -0.506 e. The van der Waals surface area contributed by atoms with Crippen LogP contribution < -0.4 is 0 Å². The van der Waals surface area contributed by atoms with Crippen LogP contribution in [0.1, 0.15) is 16.7 Å². The maximum Gasteiger partial charge on any atom is 0.235 e. The Morgan fingerprint density at radius 2 is 2.21 bits per heavy atom. The second kappa shape index (κ2) is 4.40. The van der Waals surface area contributed by atoms with Crippen molar-refractivity contribution in [2.24, 2.45) is 4.99 Å². The summed E-state index contributed by atoms with van der Waals surface area (Å²) < 4.78 is 0.622. The monoisotopic (exact) mass is 255 g/mol. The highest BCUT2D eigenvalue weighted by Gasteiger charge is 2.10. The van der Waals surface area contributed by atoms with Gasteiger partial charge in [0.05, 0.1) is 11.0 Å². The van der Waals surface area contributed by atoms with Gasteiger partial charge < -0.3 is 5.11 Å². The fourth-order valence-electron chi connectivity index (χ4n) is 1.23. The first-order valence-corrected chi connectivity index (χ1v) is 4.88. The van der Waals surface area contributed by atoms with E-state index >= 15 is 0 Å². The van der Waals surface area contributed by atoms with Gasteiger partial charge in [0.15, 0.2) is 0 Å². The normalized spacial score (nSPS) is 9.64. The second-order valence-corrected chi connectivity index (χ2v) is 3.89. The number of benzene rings is 1. The molecule has 1 N–H and O–H groups in total. The number of rotatable bonds is 2. The Morgan fingerprint density at radius 1 is 1.57 bits per heavy atom. The van der Waals surface area contributed by atoms with Crippen LogP contribution >= 0.6 is 15.9 Å². The molecule has 0 unspecified atom stereocenters. The van der Waals surface area contributed by atoms with Crippen molar-refractivity contribution in [2.45, 2.75) is 20.4 Å². The van der Waals surface area contributed by atoms with Crippen LogP contribution in [0.2, 0.25) is 0 Å². The van der Waals surface area contributed by atoms with Crippen LogP contribution in [0.4, 0.5) is 0 Å². The Bertz CT molecular complexity index is 383. The lowest BCUT2D eigenvalue weighted by atomic mass is 10.0. The molecule has 0 heterocycles. The Hall–Kier alpha value is -1.12. The first-order valence-electron chi connectivity index (χ1n) is 4.09. The number of carbonyl (C=O) groups excluding carboxylic acids is 1. The SMILES string of the molecule is Cc1cc(Br)c(O)c(CN=C=O)c1C. The standard InChI is InChI=1S/C10H10BrNO2/c1-6-3-9(11)10(14)8(7(6)2)4-12-5-13/h3,14H,4H2,1-2H3. The molecule has 0 radical (unpaired) electrons. The van der Waals surface area contributed by atoms with Gasteiger partial charge >= 0.3 is 0 Å². The van der Waals surface area contributed by atoms with Crippen LogP contribution in [0.15, 0.2) is 15.5 Å². The minimum absolute atomic E-state index is 0.145. The fourth-order valence-corrected chi connectivity index (χ4v) is 1.81. The molecule has 0 aliphatic rings. The molecule has 0 amide bonds. The summed E-state index contributed by atoms with van der Waals surface area (Å²) in [5.74, 6) is 0.145. The van der Waals surface area contributed by atoms with Gasteiger partial charge in [0.2, 0.25) is 6.08 Å². The van der Waals surface area contributed by atoms with Crippen LogP contribution in [0.3, 0.4) is 0 Å². The maximum absolute atomic E-state index is 9.99. The second-order valence-electron chi connectivity index (χ2n) is 3.03. The van der Waals surface area contributed by atoms with Crippen molar-refractivity contribution in [3.05, 3.63) is 27.2 Å². The molecule has 0 bridgehead atoms. The molecule has 0 aliphatic carbocycles. The summed E-state index contributed by atoms with van der Waals surface area (Å²) in [6.45, 7) is 3.99. The van der Waals surface area contributed by atoms with Gasteiger partial charge in [-0.2, -0.15) is 0 Å². The van der Waals surface area contributed by atoms with E-state index in [1.165, 1.54) is 6.08 Å². The highest BCUT2D eigenvalue weighted by atomic mass is 79.9. The minimum atomic E-state index is 0.145. The summed E-state index contributed by atoms with van der Waals surface area (Å²) in [6, 6.07) is 1.83. The molecular weight excluding hydrogens is 246 g/mol. The lowest BCUT2D eigenvalue weighted by molar-refractivity contribution is 0.464. The van der Waals surface area contributed by atoms with E-state index in [4.69, 9.17) is 0 Å². The van der Waals surface area contributed by atoms with E-state index in [1.807, 2.05) is 19.9 Å². The van der Waals surface area contributed by atoms with E-state index in [0.717, 1.165) is 11.1 Å². The van der Waals surface area contributed by atoms with Gasteiger partial charge in [-0.15, -0.1) is 0 Å². The van der Waals surface area contributed by atoms with Crippen molar-refractivity contribution in [2.75, 3.05) is 0 Å². The predicted molar refractivity (Wildman–Crippen MR) is 57.1 cm³/mol. The molecule has 74 valence electrons. The lowest BCUT2D eigenvalue weighted by Gasteiger charge is -2.10. The summed E-state index contributed by atoms with van der Waals surface area (Å²) in [5.41, 5.74) is 2.66. The molecular formula is C10H10BrNO2. The first-order chi connectivity index (χ1) is 6.57. The van der Waals surface area contributed by atoms with Gasteiger partial charge in [-0.3, -0.25) is 0 Å². The van der Waals surface area contributed by atoms with Crippen LogP contribution in [0.25, 0.3) is 0 Å². The molecule has 3 nitrogen and oxygen atoms in total. The molecule has 1 aromatic rings. The largest absolute Gasteiger partial charge is 0.506 e. The number of phenolic OH excluding ortho intramolecular Hbond substituents is 1. The first kappa shape index (κ1) is 11.0. The molecule has 1 aromatic carbocycles. The van der Waals surface area contributed by atoms with Crippen molar-refractivity contribution < 1.29 is 9.90 Å². The zero-order valence-electron chi connectivity index (χ0n) is 7.97. The number of halogens is 1. The van der Waals surface area contributed by atoms with Crippen LogP contribution in [-0.4, -0.2) is 11.2 Å². The number of aromatic hydroxyl groups is 1. The van der Waals surface area contributed by atoms with Crippen molar-refractivity contribution in [1.82, 2.24) is 0 Å². The number of isocyanates is 1. The number of aryl methyl sites for hydroxylation is 1. The highest BCUT2D eigenvalue weighted by Crippen LogP contribution is 2.32. The average molecular weight is 256 g/mol. The van der Waals surface area contributed by atoms with E-state index in [2.05, 4.69) is 20.9 Å². The van der Waals surface area contributed by atoms with Crippen molar-refractivity contribution >= 4 is 22.0 Å². The third-order valence-electron chi connectivity index (χ3n) is 2.20. The fraction of sp³-hybridized carbons (Fsp3) is 0.300. The summed E-state index contributed by atoms with van der Waals surface area (Å²) in [6.07, 6.45) is 1.46. The molecule has 0 saturated heterocycles. The van der Waals surface area contributed by atoms with Crippen molar-refractivity contribution in [3.63, 3.8) is 0 Å². The molecule has 0 aliphatic heterocycles. The maximum atomic E-state index is 9.99. The number of phenols is 1. The van der Waals surface area contributed by atoms with E-state index in [-0.39, 0.29) is 12.3 Å². The summed E-state index contributed by atoms with van der Waals surface area (Å²) in [4.78, 5) is 13.4. The highest BCUT2D eigenvalue weighted by molar-refractivity contribution is 9.10. The molecule has 0 atom stereocenters. The van der Waals surface area contributed by atoms with E-state index in [1.54, 1.807) is 0 Å². The molecule has 14 heavy (non-hydrogen) atoms. The molecule has 0 saturated carbocycles. The van der Waals surface area contributed by atoms with Crippen LogP contribution in [0, 0.1) is 13.8 Å². The predicted octanol–water partition coefficient (Wildman–Crippen LogP) is 2.61. The van der Waals surface area contributed by atoms with Crippen LogP contribution in [0.5, 0.6) is 5.75 Å². The summed E-state index contributed by atoms with van der Waals surface area (Å²) in [5, 5.41) is 9.69. The smallest absolute Gasteiger partial charge is 0.235 e. The summed E-state index contributed by atoms with van der Waals surface area (Å²) >= 11 is 3.23. The van der Waals surface area contributed by atoms with Crippen molar-refractivity contribution in [3.8, 4) is 5.75 Å². The Morgan fingerprint density at radius 3 is 2.79 bits per heavy atom. The Kier molecular flexibility index (Phi) is 3.44. The zero-order valence-corrected chi connectivity index (χ0v) is 9.55. The molecule has 1 rings (SSSR count). The van der Waals surface area contributed by atoms with Crippen LogP contribution in [-0.2, 0) is 11.3 Å². The quantitative estimate of drug-likeness (QED) is 0.653.